The number of unbranched alkanes of at least 4 members (excludes halogenated alkanes) is 1. The smallest absolute Gasteiger partial charge is 0.345 e. The van der Waals surface area contributed by atoms with Crippen LogP contribution in [0.15, 0.2) is 0 Å². The first-order chi connectivity index (χ1) is 13.2. The van der Waals surface area contributed by atoms with Gasteiger partial charge in [-0.05, 0) is 60.8 Å². The molecule has 2 fully saturated rings. The number of aliphatic hydroxyl groups is 1. The van der Waals surface area contributed by atoms with Gasteiger partial charge in [0, 0.05) is 12.8 Å². The van der Waals surface area contributed by atoms with Crippen molar-refractivity contribution in [2.75, 3.05) is 0 Å². The molecule has 0 radical (unpaired) electrons. The number of hydrogen-bond acceptors (Lipinski definition) is 7. The van der Waals surface area contributed by atoms with Gasteiger partial charge in [-0.2, -0.15) is 0 Å². The van der Waals surface area contributed by atoms with Crippen molar-refractivity contribution >= 4 is 11.9 Å². The monoisotopic (exact) mass is 414 g/mol. The van der Waals surface area contributed by atoms with Crippen LogP contribution in [0.1, 0.15) is 93.4 Å². The molecule has 7 nitrogen and oxygen atoms in total. The van der Waals surface area contributed by atoms with Crippen molar-refractivity contribution in [1.82, 2.24) is 0 Å². The Bertz CT molecular complexity index is 595. The van der Waals surface area contributed by atoms with Gasteiger partial charge in [0.2, 0.25) is 11.7 Å². The maximum atomic E-state index is 13.4. The summed E-state index contributed by atoms with van der Waals surface area (Å²) in [6.07, 6.45) is 1.96. The predicted molar refractivity (Wildman–Crippen MR) is 107 cm³/mol. The average molecular weight is 415 g/mol. The van der Waals surface area contributed by atoms with Gasteiger partial charge in [0.15, 0.2) is 5.79 Å². The largest absolute Gasteiger partial charge is 0.458 e. The van der Waals surface area contributed by atoms with E-state index in [1.165, 1.54) is 0 Å². The summed E-state index contributed by atoms with van der Waals surface area (Å²) in [7, 11) is 0. The van der Waals surface area contributed by atoms with E-state index in [-0.39, 0.29) is 6.42 Å². The average Bonchev–Trinajstić information content (AvgIpc) is 3.15. The molecule has 0 aromatic carbocycles. The van der Waals surface area contributed by atoms with Crippen LogP contribution < -0.4 is 0 Å². The molecule has 0 amide bonds. The third kappa shape index (κ3) is 5.50. The first kappa shape index (κ1) is 24.1. The Morgan fingerprint density at radius 3 is 2.10 bits per heavy atom. The maximum Gasteiger partial charge on any atom is 0.345 e. The van der Waals surface area contributed by atoms with Crippen molar-refractivity contribution in [3.63, 3.8) is 0 Å². The van der Waals surface area contributed by atoms with Gasteiger partial charge in [-0.15, -0.1) is 0 Å². The van der Waals surface area contributed by atoms with Crippen molar-refractivity contribution in [3.05, 3.63) is 0 Å². The molecule has 7 heteroatoms. The lowest BCUT2D eigenvalue weighted by molar-refractivity contribution is -0.223. The van der Waals surface area contributed by atoms with Crippen molar-refractivity contribution in [3.8, 4) is 0 Å². The zero-order valence-corrected chi connectivity index (χ0v) is 19.0. The Balaban J connectivity index is 2.50. The van der Waals surface area contributed by atoms with E-state index in [1.807, 2.05) is 6.92 Å². The van der Waals surface area contributed by atoms with E-state index in [4.69, 9.17) is 18.9 Å². The standard InChI is InChI=1S/C22H38O7/c1-8-9-12-15(23)22(18(25)28-20(5,6)7)16(17(24)27-19(2,3)4)26-21(29-22)13-10-11-14-21/h15-16,23H,8-14H2,1-7H3/t15-,16-,22-/m1/s1. The first-order valence-electron chi connectivity index (χ1n) is 10.8. The normalized spacial score (nSPS) is 27.8. The molecule has 1 aliphatic carbocycles. The molecule has 1 spiro atoms. The molecule has 168 valence electrons. The highest BCUT2D eigenvalue weighted by Gasteiger charge is 2.69. The molecular weight excluding hydrogens is 376 g/mol. The molecule has 1 saturated heterocycles. The third-order valence-electron chi connectivity index (χ3n) is 5.11. The topological polar surface area (TPSA) is 91.3 Å². The lowest BCUT2D eigenvalue weighted by Crippen LogP contribution is -2.61. The van der Waals surface area contributed by atoms with E-state index >= 15 is 0 Å². The fraction of sp³-hybridized carbons (Fsp3) is 0.909. The van der Waals surface area contributed by atoms with Crippen LogP contribution in [0.2, 0.25) is 0 Å². The van der Waals surface area contributed by atoms with Gasteiger partial charge in [-0.3, -0.25) is 0 Å². The van der Waals surface area contributed by atoms with Crippen molar-refractivity contribution in [2.45, 2.75) is 128 Å². The van der Waals surface area contributed by atoms with E-state index in [0.717, 1.165) is 19.3 Å². The van der Waals surface area contributed by atoms with E-state index < -0.39 is 46.7 Å². The fourth-order valence-electron chi connectivity index (χ4n) is 3.90. The van der Waals surface area contributed by atoms with Gasteiger partial charge < -0.3 is 24.1 Å². The predicted octanol–water partition coefficient (Wildman–Crippen LogP) is 3.65. The van der Waals surface area contributed by atoms with E-state index in [2.05, 4.69) is 0 Å². The van der Waals surface area contributed by atoms with E-state index in [9.17, 15) is 14.7 Å². The molecule has 1 heterocycles. The van der Waals surface area contributed by atoms with Crippen molar-refractivity contribution in [2.24, 2.45) is 0 Å². The van der Waals surface area contributed by atoms with Gasteiger partial charge in [-0.1, -0.05) is 19.8 Å². The Labute approximate surface area is 174 Å². The van der Waals surface area contributed by atoms with Gasteiger partial charge >= 0.3 is 11.9 Å². The highest BCUT2D eigenvalue weighted by molar-refractivity contribution is 5.91. The van der Waals surface area contributed by atoms with Crippen LogP contribution in [0, 0.1) is 0 Å². The van der Waals surface area contributed by atoms with Gasteiger partial charge in [0.05, 0.1) is 6.10 Å². The van der Waals surface area contributed by atoms with Crippen LogP contribution >= 0.6 is 0 Å². The Morgan fingerprint density at radius 1 is 1.07 bits per heavy atom. The minimum Gasteiger partial charge on any atom is -0.458 e. The number of aliphatic hydroxyl groups excluding tert-OH is 1. The number of rotatable bonds is 6. The van der Waals surface area contributed by atoms with E-state index in [1.54, 1.807) is 41.5 Å². The molecule has 2 aliphatic rings. The van der Waals surface area contributed by atoms with Crippen LogP contribution in [0.5, 0.6) is 0 Å². The number of ether oxygens (including phenoxy) is 4. The minimum absolute atomic E-state index is 0.286. The highest BCUT2D eigenvalue weighted by Crippen LogP contribution is 2.49. The molecule has 0 aromatic rings. The number of carbonyl (C=O) groups excluding carboxylic acids is 2. The molecule has 0 aromatic heterocycles. The van der Waals surface area contributed by atoms with E-state index in [0.29, 0.717) is 19.3 Å². The van der Waals surface area contributed by atoms with Gasteiger partial charge in [-0.25, -0.2) is 9.59 Å². The molecule has 0 unspecified atom stereocenters. The quantitative estimate of drug-likeness (QED) is 0.663. The minimum atomic E-state index is -1.95. The van der Waals surface area contributed by atoms with Gasteiger partial charge in [0.25, 0.3) is 0 Å². The molecule has 0 bridgehead atoms. The van der Waals surface area contributed by atoms with Crippen LogP contribution in [0.4, 0.5) is 0 Å². The number of carbonyl (C=O) groups is 2. The Hall–Kier alpha value is -1.18. The van der Waals surface area contributed by atoms with Crippen LogP contribution in [-0.2, 0) is 28.5 Å². The molecule has 1 saturated carbocycles. The zero-order valence-electron chi connectivity index (χ0n) is 19.0. The first-order valence-corrected chi connectivity index (χ1v) is 10.8. The lowest BCUT2D eigenvalue weighted by atomic mass is 9.86. The second-order valence-corrected chi connectivity index (χ2v) is 10.2. The van der Waals surface area contributed by atoms with Crippen LogP contribution in [0.25, 0.3) is 0 Å². The summed E-state index contributed by atoms with van der Waals surface area (Å²) in [6.45, 7) is 12.4. The molecular formula is C22H38O7. The number of hydrogen-bond donors (Lipinski definition) is 1. The number of esters is 2. The lowest BCUT2D eigenvalue weighted by Gasteiger charge is -2.37. The fourth-order valence-corrected chi connectivity index (χ4v) is 3.90. The molecule has 1 aliphatic heterocycles. The molecule has 2 rings (SSSR count). The molecule has 1 N–H and O–H groups in total. The highest BCUT2D eigenvalue weighted by atomic mass is 16.8. The SMILES string of the molecule is CCCC[C@@H](O)[C@@]1(C(=O)OC(C)(C)C)OC2(CCCC2)O[C@@H]1C(=O)OC(C)(C)C. The second-order valence-electron chi connectivity index (χ2n) is 10.2. The maximum absolute atomic E-state index is 13.4. The summed E-state index contributed by atoms with van der Waals surface area (Å²) in [4.78, 5) is 26.5. The summed E-state index contributed by atoms with van der Waals surface area (Å²) in [5.74, 6) is -2.58. The van der Waals surface area contributed by atoms with Crippen LogP contribution in [-0.4, -0.2) is 51.8 Å². The molecule has 29 heavy (non-hydrogen) atoms. The van der Waals surface area contributed by atoms with Gasteiger partial charge in [0.1, 0.15) is 11.2 Å². The summed E-state index contributed by atoms with van der Waals surface area (Å²) >= 11 is 0. The summed E-state index contributed by atoms with van der Waals surface area (Å²) in [5.41, 5.74) is -3.54. The Morgan fingerprint density at radius 2 is 1.62 bits per heavy atom. The zero-order chi connectivity index (χ0) is 22.1. The van der Waals surface area contributed by atoms with Crippen molar-refractivity contribution in [1.29, 1.82) is 0 Å². The summed E-state index contributed by atoms with van der Waals surface area (Å²) < 4.78 is 23.6. The second kappa shape index (κ2) is 8.52. The third-order valence-corrected chi connectivity index (χ3v) is 5.11. The summed E-state index contributed by atoms with van der Waals surface area (Å²) in [6, 6.07) is 0. The summed E-state index contributed by atoms with van der Waals surface area (Å²) in [5, 5.41) is 11.1. The Kier molecular flexibility index (Phi) is 7.08. The molecule has 3 atom stereocenters. The van der Waals surface area contributed by atoms with Crippen molar-refractivity contribution < 1.29 is 33.6 Å². The van der Waals surface area contributed by atoms with Crippen LogP contribution in [0.3, 0.4) is 0 Å².